The van der Waals surface area contributed by atoms with E-state index in [0.717, 1.165) is 23.8 Å². The van der Waals surface area contributed by atoms with Gasteiger partial charge in [-0.05, 0) is 49.0 Å². The van der Waals surface area contributed by atoms with Gasteiger partial charge in [0, 0.05) is 0 Å². The number of nitrogens with zero attached hydrogens (tertiary/aromatic N) is 1. The summed E-state index contributed by atoms with van der Waals surface area (Å²) in [5.41, 5.74) is 0.508. The van der Waals surface area contributed by atoms with E-state index in [1.54, 1.807) is 0 Å². The number of rotatable bonds is 3. The van der Waals surface area contributed by atoms with Gasteiger partial charge in [-0.2, -0.15) is 0 Å². The number of anilines is 1. The smallest absolute Gasteiger partial charge is 0.253 e. The van der Waals surface area contributed by atoms with Crippen LogP contribution in [0.2, 0.25) is 0 Å². The Balaban J connectivity index is 1.91. The zero-order chi connectivity index (χ0) is 15.9. The van der Waals surface area contributed by atoms with E-state index in [0.29, 0.717) is 11.5 Å². The van der Waals surface area contributed by atoms with Crippen LogP contribution in [0.15, 0.2) is 12.1 Å². The second-order valence-electron chi connectivity index (χ2n) is 5.72. The molecule has 2 aliphatic rings. The van der Waals surface area contributed by atoms with Crippen molar-refractivity contribution < 1.29 is 18.5 Å². The first-order chi connectivity index (χ1) is 10.5. The molecule has 120 valence electrons. The lowest BCUT2D eigenvalue weighted by Crippen LogP contribution is -2.24. The average Bonchev–Trinajstić information content (AvgIpc) is 3.07. The number of phenolic OH excluding ortho intramolecular Hbond substituents is 1. The molecule has 0 spiro atoms. The van der Waals surface area contributed by atoms with E-state index in [1.165, 1.54) is 12.1 Å². The Hall–Kier alpha value is -1.67. The van der Waals surface area contributed by atoms with Crippen LogP contribution in [0.4, 0.5) is 10.1 Å². The Bertz CT molecular complexity index is 611. The fraction of sp³-hybridized carbons (Fsp3) is 0.500. The van der Waals surface area contributed by atoms with Crippen LogP contribution in [0.1, 0.15) is 24.8 Å². The molecule has 0 radical (unpaired) electrons. The summed E-state index contributed by atoms with van der Waals surface area (Å²) >= 11 is -1.86. The number of aromatic hydroxyl groups is 1. The maximum absolute atomic E-state index is 14.4. The van der Waals surface area contributed by atoms with Crippen LogP contribution < -0.4 is 14.3 Å². The average molecular weight is 327 g/mol. The van der Waals surface area contributed by atoms with Crippen LogP contribution in [-0.2, 0) is 16.0 Å². The minimum Gasteiger partial charge on any atom is -0.506 e. The number of hydrogen-bond donors (Lipinski definition) is 3. The molecule has 0 bridgehead atoms. The molecule has 2 saturated heterocycles. The van der Waals surface area contributed by atoms with Gasteiger partial charge in [0.1, 0.15) is 18.0 Å². The summed E-state index contributed by atoms with van der Waals surface area (Å²) < 4.78 is 29.4. The standard InChI is InChI=1S/C14H18FN3O3S/c1-8(9-2-3-16-6-9)10-4-11(15)14(12(19)5-10)18-7-13(20)17-22(18)21/h4-5,8-9,16,19H,2-3,6-7H2,1H3,(H,17,20). The van der Waals surface area contributed by atoms with Gasteiger partial charge in [-0.15, -0.1) is 0 Å². The Labute approximate surface area is 130 Å². The fourth-order valence-corrected chi connectivity index (χ4v) is 3.98. The maximum atomic E-state index is 14.4. The summed E-state index contributed by atoms with van der Waals surface area (Å²) in [5.74, 6) is -0.927. The minimum absolute atomic E-state index is 0.105. The van der Waals surface area contributed by atoms with Crippen molar-refractivity contribution in [3.05, 3.63) is 23.5 Å². The van der Waals surface area contributed by atoms with Gasteiger partial charge in [-0.3, -0.25) is 13.8 Å². The Kier molecular flexibility index (Phi) is 4.05. The molecule has 0 aromatic heterocycles. The van der Waals surface area contributed by atoms with Crippen molar-refractivity contribution in [3.63, 3.8) is 0 Å². The van der Waals surface area contributed by atoms with Gasteiger partial charge in [0.05, 0.1) is 0 Å². The Morgan fingerprint density at radius 3 is 2.82 bits per heavy atom. The second-order valence-corrected chi connectivity index (χ2v) is 6.87. The van der Waals surface area contributed by atoms with E-state index in [2.05, 4.69) is 10.0 Å². The highest BCUT2D eigenvalue weighted by Gasteiger charge is 2.32. The molecule has 3 unspecified atom stereocenters. The predicted octanol–water partition coefficient (Wildman–Crippen LogP) is 0.759. The van der Waals surface area contributed by atoms with Gasteiger partial charge in [-0.1, -0.05) is 6.92 Å². The number of hydrogen-bond acceptors (Lipinski definition) is 4. The lowest BCUT2D eigenvalue weighted by molar-refractivity contribution is -0.117. The molecule has 2 aliphatic heterocycles. The quantitative estimate of drug-likeness (QED) is 0.765. The fourth-order valence-electron chi connectivity index (χ4n) is 3.03. The van der Waals surface area contributed by atoms with E-state index < -0.39 is 22.9 Å². The lowest BCUT2D eigenvalue weighted by atomic mass is 9.86. The first-order valence-electron chi connectivity index (χ1n) is 7.19. The van der Waals surface area contributed by atoms with Crippen LogP contribution in [0.3, 0.4) is 0 Å². The van der Waals surface area contributed by atoms with Crippen molar-refractivity contribution >= 4 is 22.8 Å². The summed E-state index contributed by atoms with van der Waals surface area (Å²) in [7, 11) is 0. The van der Waals surface area contributed by atoms with Gasteiger partial charge in [0.2, 0.25) is 11.2 Å². The van der Waals surface area contributed by atoms with E-state index >= 15 is 0 Å². The normalized spacial score (nSPS) is 26.3. The van der Waals surface area contributed by atoms with Crippen molar-refractivity contribution in [1.29, 1.82) is 0 Å². The van der Waals surface area contributed by atoms with Crippen LogP contribution >= 0.6 is 0 Å². The van der Waals surface area contributed by atoms with Crippen LogP contribution in [0, 0.1) is 11.7 Å². The zero-order valence-corrected chi connectivity index (χ0v) is 13.0. The van der Waals surface area contributed by atoms with Crippen molar-refractivity contribution in [3.8, 4) is 5.75 Å². The molecule has 0 saturated carbocycles. The largest absolute Gasteiger partial charge is 0.506 e. The highest BCUT2D eigenvalue weighted by atomic mass is 32.2. The topological polar surface area (TPSA) is 81.7 Å². The van der Waals surface area contributed by atoms with Crippen molar-refractivity contribution in [2.24, 2.45) is 5.92 Å². The Morgan fingerprint density at radius 2 is 2.27 bits per heavy atom. The summed E-state index contributed by atoms with van der Waals surface area (Å²) in [6.45, 7) is 3.59. The monoisotopic (exact) mass is 327 g/mol. The number of phenols is 1. The van der Waals surface area contributed by atoms with Gasteiger partial charge < -0.3 is 10.4 Å². The predicted molar refractivity (Wildman–Crippen MR) is 81.1 cm³/mol. The molecule has 2 fully saturated rings. The number of carbonyl (C=O) groups excluding carboxylic acids is 1. The van der Waals surface area contributed by atoms with Gasteiger partial charge in [0.15, 0.2) is 5.82 Å². The molecular formula is C14H18FN3O3S. The highest BCUT2D eigenvalue weighted by Crippen LogP contribution is 2.38. The molecule has 1 aromatic carbocycles. The molecule has 22 heavy (non-hydrogen) atoms. The first kappa shape index (κ1) is 15.2. The van der Waals surface area contributed by atoms with Crippen LogP contribution in [0.25, 0.3) is 0 Å². The Morgan fingerprint density at radius 1 is 1.50 bits per heavy atom. The third-order valence-corrected chi connectivity index (χ3v) is 5.45. The highest BCUT2D eigenvalue weighted by molar-refractivity contribution is 7.85. The maximum Gasteiger partial charge on any atom is 0.253 e. The SMILES string of the molecule is CC(c1cc(O)c(N2CC(=O)NS2=O)c(F)c1)C1CCNC1. The zero-order valence-electron chi connectivity index (χ0n) is 12.1. The van der Waals surface area contributed by atoms with E-state index in [-0.39, 0.29) is 23.9 Å². The molecule has 1 aromatic rings. The van der Waals surface area contributed by atoms with Crippen molar-refractivity contribution in [2.45, 2.75) is 19.3 Å². The van der Waals surface area contributed by atoms with Gasteiger partial charge in [-0.25, -0.2) is 8.60 Å². The molecule has 2 heterocycles. The molecular weight excluding hydrogens is 309 g/mol. The van der Waals surface area contributed by atoms with Crippen LogP contribution in [-0.4, -0.2) is 34.9 Å². The van der Waals surface area contributed by atoms with Crippen molar-refractivity contribution in [1.82, 2.24) is 10.0 Å². The number of nitrogens with one attached hydrogen (secondary N) is 2. The number of halogens is 1. The molecule has 0 aliphatic carbocycles. The molecule has 3 N–H and O–H groups in total. The molecule has 8 heteroatoms. The summed E-state index contributed by atoms with van der Waals surface area (Å²) in [6.07, 6.45) is 1.01. The third-order valence-electron chi connectivity index (χ3n) is 4.33. The van der Waals surface area contributed by atoms with E-state index in [4.69, 9.17) is 0 Å². The van der Waals surface area contributed by atoms with Crippen LogP contribution in [0.5, 0.6) is 5.75 Å². The molecule has 6 nitrogen and oxygen atoms in total. The number of benzene rings is 1. The van der Waals surface area contributed by atoms with E-state index in [9.17, 15) is 18.5 Å². The molecule has 3 atom stereocenters. The summed E-state index contributed by atoms with van der Waals surface area (Å²) in [5, 5.41) is 13.4. The third kappa shape index (κ3) is 2.68. The number of carbonyl (C=O) groups is 1. The second kappa shape index (κ2) is 5.85. The molecule has 1 amide bonds. The molecule has 3 rings (SSSR count). The van der Waals surface area contributed by atoms with Gasteiger partial charge in [0.25, 0.3) is 5.91 Å². The summed E-state index contributed by atoms with van der Waals surface area (Å²) in [4.78, 5) is 11.3. The van der Waals surface area contributed by atoms with E-state index in [1.807, 2.05) is 6.92 Å². The first-order valence-corrected chi connectivity index (χ1v) is 8.30. The number of amides is 1. The van der Waals surface area contributed by atoms with Crippen molar-refractivity contribution in [2.75, 3.05) is 23.9 Å². The summed E-state index contributed by atoms with van der Waals surface area (Å²) in [6, 6.07) is 2.86. The van der Waals surface area contributed by atoms with Gasteiger partial charge >= 0.3 is 0 Å². The minimum atomic E-state index is -1.86. The lowest BCUT2D eigenvalue weighted by Gasteiger charge is -2.22.